The Labute approximate surface area is 170 Å². The average molecular weight is 419 g/mol. The molecule has 5 rings (SSSR count). The second-order valence-electron chi connectivity index (χ2n) is 8.78. The Morgan fingerprint density at radius 2 is 2.00 bits per heavy atom. The summed E-state index contributed by atoms with van der Waals surface area (Å²) in [6.45, 7) is 0.718. The zero-order valence-electron chi connectivity index (χ0n) is 16.3. The molecule has 7 nitrogen and oxygen atoms in total. The molecule has 0 bridgehead atoms. The van der Waals surface area contributed by atoms with Crippen LogP contribution in [0.1, 0.15) is 48.5 Å². The van der Waals surface area contributed by atoms with Gasteiger partial charge < -0.3 is 25.0 Å². The van der Waals surface area contributed by atoms with Crippen molar-refractivity contribution in [1.29, 1.82) is 0 Å². The van der Waals surface area contributed by atoms with Gasteiger partial charge in [0, 0.05) is 37.9 Å². The lowest BCUT2D eigenvalue weighted by atomic mass is 10.0. The first-order valence-corrected chi connectivity index (χ1v) is 10.3. The Hall–Kier alpha value is -2.52. The summed E-state index contributed by atoms with van der Waals surface area (Å²) in [5.74, 6) is -3.24. The highest BCUT2D eigenvalue weighted by Gasteiger charge is 2.40. The number of hydrogen-bond donors (Lipinski definition) is 3. The Bertz CT molecular complexity index is 1110. The number of hydrogen-bond acceptors (Lipinski definition) is 5. The summed E-state index contributed by atoms with van der Waals surface area (Å²) in [5, 5.41) is 23.1. The van der Waals surface area contributed by atoms with E-state index in [0.717, 1.165) is 37.9 Å². The van der Waals surface area contributed by atoms with Gasteiger partial charge in [0.15, 0.2) is 5.82 Å². The number of carbonyl (C=O) groups is 1. The topological polar surface area (TPSA) is 94.8 Å². The highest BCUT2D eigenvalue weighted by molar-refractivity contribution is 5.94. The van der Waals surface area contributed by atoms with Crippen molar-refractivity contribution in [1.82, 2.24) is 9.88 Å². The smallest absolute Gasteiger partial charge is 0.341 e. The summed E-state index contributed by atoms with van der Waals surface area (Å²) in [4.78, 5) is 25.5. The van der Waals surface area contributed by atoms with Gasteiger partial charge in [0.2, 0.25) is 5.43 Å². The van der Waals surface area contributed by atoms with Crippen molar-refractivity contribution < 1.29 is 23.8 Å². The van der Waals surface area contributed by atoms with Crippen LogP contribution in [0.2, 0.25) is 0 Å². The minimum atomic E-state index is -1.42. The van der Waals surface area contributed by atoms with Gasteiger partial charge in [-0.05, 0) is 38.2 Å². The maximum absolute atomic E-state index is 15.6. The third-order valence-electron chi connectivity index (χ3n) is 6.30. The quantitative estimate of drug-likeness (QED) is 0.663. The van der Waals surface area contributed by atoms with E-state index < -0.39 is 34.2 Å². The van der Waals surface area contributed by atoms with Crippen LogP contribution in [0.3, 0.4) is 0 Å². The van der Waals surface area contributed by atoms with E-state index >= 15 is 4.39 Å². The van der Waals surface area contributed by atoms with Crippen molar-refractivity contribution in [2.75, 3.05) is 24.5 Å². The fraction of sp³-hybridized carbons (Fsp3) is 0.524. The minimum absolute atomic E-state index is 0.0737. The van der Waals surface area contributed by atoms with Crippen molar-refractivity contribution >= 4 is 22.6 Å². The van der Waals surface area contributed by atoms with E-state index in [4.69, 9.17) is 0 Å². The van der Waals surface area contributed by atoms with Gasteiger partial charge in [0.05, 0.1) is 16.5 Å². The predicted molar refractivity (Wildman–Crippen MR) is 106 cm³/mol. The first kappa shape index (κ1) is 19.4. The number of rotatable bonds is 6. The zero-order chi connectivity index (χ0) is 21.2. The number of nitrogens with zero attached hydrogens (tertiary/aromatic N) is 2. The fourth-order valence-electron chi connectivity index (χ4n) is 4.33. The predicted octanol–water partition coefficient (Wildman–Crippen LogP) is 2.01. The summed E-state index contributed by atoms with van der Waals surface area (Å²) < 4.78 is 32.1. The molecule has 3 aliphatic rings. The van der Waals surface area contributed by atoms with E-state index in [9.17, 15) is 24.2 Å². The summed E-state index contributed by atoms with van der Waals surface area (Å²) in [7, 11) is 0. The number of carboxylic acids is 1. The number of pyridine rings is 1. The van der Waals surface area contributed by atoms with Crippen molar-refractivity contribution in [2.45, 2.75) is 49.8 Å². The number of benzene rings is 1. The number of anilines is 1. The van der Waals surface area contributed by atoms with Gasteiger partial charge in [-0.15, -0.1) is 0 Å². The SMILES string of the molecule is O=C(O)c1cn(C2CC2)c2c(F)c(N3CCC(O)(CNC4CC4)C3)c(F)cc2c1=O. The normalized spacial score (nSPS) is 24.0. The van der Waals surface area contributed by atoms with Crippen LogP contribution in [0.5, 0.6) is 0 Å². The number of aromatic nitrogens is 1. The van der Waals surface area contributed by atoms with E-state index in [0.29, 0.717) is 19.0 Å². The molecule has 30 heavy (non-hydrogen) atoms. The summed E-state index contributed by atoms with van der Waals surface area (Å²) >= 11 is 0. The van der Waals surface area contributed by atoms with Gasteiger partial charge in [0.25, 0.3) is 0 Å². The molecule has 1 aromatic heterocycles. The largest absolute Gasteiger partial charge is 0.477 e. The first-order chi connectivity index (χ1) is 14.3. The van der Waals surface area contributed by atoms with Crippen molar-refractivity contribution in [3.8, 4) is 0 Å². The molecular weight excluding hydrogens is 396 g/mol. The van der Waals surface area contributed by atoms with Gasteiger partial charge in [-0.25, -0.2) is 13.6 Å². The molecule has 1 saturated heterocycles. The molecule has 3 fully saturated rings. The third-order valence-corrected chi connectivity index (χ3v) is 6.30. The van der Waals surface area contributed by atoms with Gasteiger partial charge >= 0.3 is 5.97 Å². The Kier molecular flexibility index (Phi) is 4.37. The zero-order valence-corrected chi connectivity index (χ0v) is 16.3. The summed E-state index contributed by atoms with van der Waals surface area (Å²) in [6, 6.07) is 1.23. The molecular formula is C21H23F2N3O4. The van der Waals surface area contributed by atoms with Crippen molar-refractivity contribution in [2.24, 2.45) is 0 Å². The second kappa shape index (κ2) is 6.75. The molecule has 2 aromatic rings. The van der Waals surface area contributed by atoms with E-state index in [1.807, 2.05) is 0 Å². The standard InChI is InChI=1S/C21H23F2N3O4/c22-15-7-13-17(26(12-3-4-12)8-14(19(13)27)20(28)29)16(23)18(15)25-6-5-21(30,10-25)9-24-11-1-2-11/h7-8,11-12,24,30H,1-6,9-10H2,(H,28,29). The molecule has 1 unspecified atom stereocenters. The van der Waals surface area contributed by atoms with Crippen LogP contribution in [0, 0.1) is 11.6 Å². The van der Waals surface area contributed by atoms with Gasteiger partial charge in [0.1, 0.15) is 17.1 Å². The molecule has 160 valence electrons. The number of nitrogens with one attached hydrogen (secondary N) is 1. The molecule has 1 atom stereocenters. The third kappa shape index (κ3) is 3.26. The van der Waals surface area contributed by atoms with Gasteiger partial charge in [-0.1, -0.05) is 0 Å². The number of halogens is 2. The molecule has 0 radical (unpaired) electrons. The lowest BCUT2D eigenvalue weighted by molar-refractivity contribution is 0.0625. The first-order valence-electron chi connectivity index (χ1n) is 10.3. The van der Waals surface area contributed by atoms with E-state index in [1.54, 1.807) is 0 Å². The molecule has 9 heteroatoms. The van der Waals surface area contributed by atoms with Gasteiger partial charge in [-0.2, -0.15) is 0 Å². The molecule has 3 N–H and O–H groups in total. The van der Waals surface area contributed by atoms with Crippen molar-refractivity contribution in [3.05, 3.63) is 39.7 Å². The van der Waals surface area contributed by atoms with E-state index in [-0.39, 0.29) is 35.7 Å². The Morgan fingerprint density at radius 1 is 1.27 bits per heavy atom. The Morgan fingerprint density at radius 3 is 2.63 bits per heavy atom. The fourth-order valence-corrected chi connectivity index (χ4v) is 4.33. The molecule has 2 aliphatic carbocycles. The van der Waals surface area contributed by atoms with Crippen LogP contribution in [0.15, 0.2) is 17.1 Å². The highest BCUT2D eigenvalue weighted by Crippen LogP contribution is 2.40. The average Bonchev–Trinajstić information content (AvgIpc) is 3.60. The van der Waals surface area contributed by atoms with E-state index in [2.05, 4.69) is 5.32 Å². The molecule has 1 aromatic carbocycles. The summed E-state index contributed by atoms with van der Waals surface area (Å²) in [5.41, 5.74) is -2.83. The lowest BCUT2D eigenvalue weighted by Crippen LogP contribution is -2.44. The monoisotopic (exact) mass is 419 g/mol. The molecule has 0 spiro atoms. The van der Waals surface area contributed by atoms with Crippen LogP contribution in [-0.2, 0) is 0 Å². The van der Waals surface area contributed by atoms with Crippen molar-refractivity contribution in [3.63, 3.8) is 0 Å². The molecule has 0 amide bonds. The van der Waals surface area contributed by atoms with Crippen LogP contribution >= 0.6 is 0 Å². The summed E-state index contributed by atoms with van der Waals surface area (Å²) in [6.07, 6.45) is 5.15. The number of β-amino-alcohol motifs (C(OH)–C–C–N with tert-alkyl or cyclic N) is 1. The van der Waals surface area contributed by atoms with E-state index in [1.165, 1.54) is 9.47 Å². The molecule has 1 aliphatic heterocycles. The van der Waals surface area contributed by atoms with Crippen LogP contribution in [0.25, 0.3) is 10.9 Å². The highest BCUT2D eigenvalue weighted by atomic mass is 19.1. The minimum Gasteiger partial charge on any atom is -0.477 e. The molecule has 2 saturated carbocycles. The molecule has 2 heterocycles. The second-order valence-corrected chi connectivity index (χ2v) is 8.78. The number of fused-ring (bicyclic) bond motifs is 1. The number of carboxylic acid groups (broad SMARTS) is 1. The number of aliphatic hydroxyl groups is 1. The maximum atomic E-state index is 15.6. The van der Waals surface area contributed by atoms with Crippen LogP contribution in [0.4, 0.5) is 14.5 Å². The van der Waals surface area contributed by atoms with Crippen LogP contribution in [-0.4, -0.2) is 52.0 Å². The maximum Gasteiger partial charge on any atom is 0.341 e. The van der Waals surface area contributed by atoms with Crippen LogP contribution < -0.4 is 15.6 Å². The van der Waals surface area contributed by atoms with Gasteiger partial charge in [-0.3, -0.25) is 4.79 Å². The lowest BCUT2D eigenvalue weighted by Gasteiger charge is -2.26. The Balaban J connectivity index is 1.58. The number of aromatic carboxylic acids is 1.